The number of amides is 2. The zero-order valence-electron chi connectivity index (χ0n) is 17.7. The predicted molar refractivity (Wildman–Crippen MR) is 114 cm³/mol. The minimum atomic E-state index is -4.48. The van der Waals surface area contributed by atoms with Gasteiger partial charge in [-0.15, -0.1) is 5.10 Å². The molecule has 33 heavy (non-hydrogen) atoms. The zero-order valence-corrected chi connectivity index (χ0v) is 17.7. The Morgan fingerprint density at radius 3 is 2.64 bits per heavy atom. The van der Waals surface area contributed by atoms with E-state index in [1.54, 1.807) is 13.0 Å². The molecule has 3 aromatic rings. The van der Waals surface area contributed by atoms with Gasteiger partial charge in [0.2, 0.25) is 5.91 Å². The number of nitrogens with zero attached hydrogens (tertiary/aromatic N) is 5. The van der Waals surface area contributed by atoms with Gasteiger partial charge in [-0.1, -0.05) is 30.3 Å². The standard InChI is InChI=1S/C23H20F3N5O2/c1-16-11-18(13-19(12-16)23(24,25)26)22-27-15-29(28-22)9-7-20(32)30-10-8-21(33)31(30)14-17-5-3-2-4-6-17/h2-7,9,11-13,15H,8,10,14H2,1H3/b9-7-. The lowest BCUT2D eigenvalue weighted by atomic mass is 10.1. The Hall–Kier alpha value is -3.95. The molecule has 2 aromatic carbocycles. The maximum atomic E-state index is 13.1. The van der Waals surface area contributed by atoms with E-state index in [1.807, 2.05) is 30.3 Å². The van der Waals surface area contributed by atoms with Crippen LogP contribution in [0.4, 0.5) is 13.2 Å². The van der Waals surface area contributed by atoms with Crippen LogP contribution in [0, 0.1) is 6.92 Å². The monoisotopic (exact) mass is 455 g/mol. The number of halogens is 3. The van der Waals surface area contributed by atoms with E-state index in [1.165, 1.54) is 33.3 Å². The van der Waals surface area contributed by atoms with Crippen molar-refractivity contribution in [3.8, 4) is 11.4 Å². The number of carbonyl (C=O) groups excluding carboxylic acids is 2. The molecule has 10 heteroatoms. The number of hydrazine groups is 1. The van der Waals surface area contributed by atoms with Crippen molar-refractivity contribution in [2.75, 3.05) is 6.54 Å². The van der Waals surface area contributed by atoms with E-state index in [0.29, 0.717) is 5.56 Å². The van der Waals surface area contributed by atoms with Crippen LogP contribution < -0.4 is 0 Å². The van der Waals surface area contributed by atoms with Crippen molar-refractivity contribution in [3.05, 3.63) is 77.6 Å². The normalized spacial score (nSPS) is 14.5. The number of hydrogen-bond acceptors (Lipinski definition) is 4. The fourth-order valence-electron chi connectivity index (χ4n) is 3.53. The quantitative estimate of drug-likeness (QED) is 0.547. The number of rotatable bonds is 5. The Morgan fingerprint density at radius 1 is 1.15 bits per heavy atom. The van der Waals surface area contributed by atoms with Gasteiger partial charge in [-0.05, 0) is 36.2 Å². The summed E-state index contributed by atoms with van der Waals surface area (Å²) in [5, 5.41) is 6.91. The number of aryl methyl sites for hydroxylation is 1. The van der Waals surface area contributed by atoms with Crippen LogP contribution in [0.25, 0.3) is 17.6 Å². The van der Waals surface area contributed by atoms with Crippen LogP contribution in [0.1, 0.15) is 23.1 Å². The summed E-state index contributed by atoms with van der Waals surface area (Å²) in [6.45, 7) is 2.11. The second-order valence-electron chi connectivity index (χ2n) is 7.60. The molecule has 0 atom stereocenters. The van der Waals surface area contributed by atoms with Crippen LogP contribution in [-0.4, -0.2) is 43.1 Å². The van der Waals surface area contributed by atoms with Gasteiger partial charge in [-0.2, -0.15) is 13.2 Å². The van der Waals surface area contributed by atoms with Gasteiger partial charge in [-0.3, -0.25) is 9.59 Å². The molecule has 0 N–H and O–H groups in total. The molecular weight excluding hydrogens is 435 g/mol. The minimum absolute atomic E-state index is 0.100. The summed E-state index contributed by atoms with van der Waals surface area (Å²) in [5.74, 6) is -0.462. The fraction of sp³-hybridized carbons (Fsp3) is 0.217. The second kappa shape index (κ2) is 8.89. The molecule has 0 bridgehead atoms. The van der Waals surface area contributed by atoms with Gasteiger partial charge >= 0.3 is 6.18 Å². The largest absolute Gasteiger partial charge is 0.416 e. The fourth-order valence-corrected chi connectivity index (χ4v) is 3.53. The minimum Gasteiger partial charge on any atom is -0.273 e. The van der Waals surface area contributed by atoms with Crippen molar-refractivity contribution < 1.29 is 22.8 Å². The average molecular weight is 455 g/mol. The first kappa shape index (κ1) is 22.3. The Balaban J connectivity index is 1.48. The highest BCUT2D eigenvalue weighted by Crippen LogP contribution is 2.32. The topological polar surface area (TPSA) is 71.3 Å². The summed E-state index contributed by atoms with van der Waals surface area (Å²) >= 11 is 0. The van der Waals surface area contributed by atoms with Gasteiger partial charge in [0.05, 0.1) is 18.7 Å². The lowest BCUT2D eigenvalue weighted by Crippen LogP contribution is -2.41. The van der Waals surface area contributed by atoms with E-state index < -0.39 is 17.6 Å². The molecule has 4 rings (SSSR count). The third-order valence-corrected chi connectivity index (χ3v) is 5.09. The highest BCUT2D eigenvalue weighted by atomic mass is 19.4. The summed E-state index contributed by atoms with van der Waals surface area (Å²) in [6, 6.07) is 12.9. The van der Waals surface area contributed by atoms with Crippen LogP contribution in [0.3, 0.4) is 0 Å². The molecule has 0 unspecified atom stereocenters. The number of benzene rings is 2. The zero-order chi connectivity index (χ0) is 23.6. The molecule has 0 radical (unpaired) electrons. The molecule has 1 aromatic heterocycles. The second-order valence-corrected chi connectivity index (χ2v) is 7.60. The number of carbonyl (C=O) groups is 2. The van der Waals surface area contributed by atoms with E-state index in [0.717, 1.165) is 17.7 Å². The lowest BCUT2D eigenvalue weighted by molar-refractivity contribution is -0.151. The van der Waals surface area contributed by atoms with Crippen LogP contribution in [0.2, 0.25) is 0 Å². The maximum Gasteiger partial charge on any atom is 0.416 e. The first-order valence-electron chi connectivity index (χ1n) is 10.1. The smallest absolute Gasteiger partial charge is 0.273 e. The summed E-state index contributed by atoms with van der Waals surface area (Å²) in [7, 11) is 0. The van der Waals surface area contributed by atoms with Gasteiger partial charge in [0.1, 0.15) is 6.33 Å². The molecule has 1 saturated heterocycles. The SMILES string of the molecule is Cc1cc(-c2ncn(/C=C\C(=O)N3CCC(=O)N3Cc3ccccc3)n2)cc(C(F)(F)F)c1. The van der Waals surface area contributed by atoms with Gasteiger partial charge in [0.15, 0.2) is 5.82 Å². The first-order chi connectivity index (χ1) is 15.7. The number of alkyl halides is 3. The van der Waals surface area contributed by atoms with Crippen LogP contribution in [0.15, 0.2) is 60.9 Å². The van der Waals surface area contributed by atoms with Crippen molar-refractivity contribution >= 4 is 18.0 Å². The van der Waals surface area contributed by atoms with Crippen molar-refractivity contribution in [1.29, 1.82) is 0 Å². The molecule has 0 spiro atoms. The number of hydrogen-bond donors (Lipinski definition) is 0. The van der Waals surface area contributed by atoms with E-state index in [2.05, 4.69) is 10.1 Å². The van der Waals surface area contributed by atoms with Crippen molar-refractivity contribution in [3.63, 3.8) is 0 Å². The third kappa shape index (κ3) is 5.11. The van der Waals surface area contributed by atoms with Crippen LogP contribution in [0.5, 0.6) is 0 Å². The maximum absolute atomic E-state index is 13.1. The third-order valence-electron chi connectivity index (χ3n) is 5.09. The first-order valence-corrected chi connectivity index (χ1v) is 10.1. The molecule has 2 amide bonds. The summed E-state index contributed by atoms with van der Waals surface area (Å²) in [6.07, 6.45) is -0.357. The molecule has 170 valence electrons. The molecule has 2 heterocycles. The Morgan fingerprint density at radius 2 is 1.91 bits per heavy atom. The molecule has 7 nitrogen and oxygen atoms in total. The summed E-state index contributed by atoms with van der Waals surface area (Å²) in [5.41, 5.74) is 0.766. The molecule has 0 aliphatic carbocycles. The molecule has 0 saturated carbocycles. The summed E-state index contributed by atoms with van der Waals surface area (Å²) in [4.78, 5) is 29.0. The Labute approximate surface area is 187 Å². The summed E-state index contributed by atoms with van der Waals surface area (Å²) < 4.78 is 40.5. The predicted octanol–water partition coefficient (Wildman–Crippen LogP) is 3.92. The van der Waals surface area contributed by atoms with E-state index in [9.17, 15) is 22.8 Å². The van der Waals surface area contributed by atoms with Crippen molar-refractivity contribution in [2.24, 2.45) is 0 Å². The Kier molecular flexibility index (Phi) is 5.99. The van der Waals surface area contributed by atoms with Crippen molar-refractivity contribution in [2.45, 2.75) is 26.1 Å². The van der Waals surface area contributed by atoms with E-state index >= 15 is 0 Å². The van der Waals surface area contributed by atoms with Crippen molar-refractivity contribution in [1.82, 2.24) is 24.8 Å². The van der Waals surface area contributed by atoms with Gasteiger partial charge in [0.25, 0.3) is 5.91 Å². The lowest BCUT2D eigenvalue weighted by Gasteiger charge is -2.27. The van der Waals surface area contributed by atoms with Gasteiger partial charge < -0.3 is 0 Å². The van der Waals surface area contributed by atoms with Gasteiger partial charge in [-0.25, -0.2) is 19.7 Å². The number of aromatic nitrogens is 3. The Bertz CT molecular complexity index is 1200. The highest BCUT2D eigenvalue weighted by molar-refractivity contribution is 5.93. The molecule has 1 aliphatic rings. The van der Waals surface area contributed by atoms with Crippen LogP contribution in [-0.2, 0) is 22.3 Å². The van der Waals surface area contributed by atoms with E-state index in [4.69, 9.17) is 0 Å². The molecular formula is C23H20F3N5O2. The average Bonchev–Trinajstić information content (AvgIpc) is 3.39. The van der Waals surface area contributed by atoms with E-state index in [-0.39, 0.29) is 36.8 Å². The molecule has 1 fully saturated rings. The van der Waals surface area contributed by atoms with Gasteiger partial charge in [0, 0.05) is 24.3 Å². The highest BCUT2D eigenvalue weighted by Gasteiger charge is 2.32. The van der Waals surface area contributed by atoms with Crippen LogP contribution >= 0.6 is 0 Å². The molecule has 1 aliphatic heterocycles.